The number of esters is 2. The Morgan fingerprint density at radius 3 is 2.22 bits per heavy atom. The molecule has 0 aliphatic rings. The van der Waals surface area contributed by atoms with Crippen LogP contribution in [0.25, 0.3) is 0 Å². The van der Waals surface area contributed by atoms with Crippen molar-refractivity contribution in [2.75, 3.05) is 13.2 Å². The Morgan fingerprint density at radius 2 is 1.67 bits per heavy atom. The summed E-state index contributed by atoms with van der Waals surface area (Å²) in [5.41, 5.74) is 2.82. The largest absolute Gasteiger partial charge is 0.466 e. The van der Waals surface area contributed by atoms with Crippen LogP contribution in [-0.4, -0.2) is 30.1 Å². The average molecular weight is 253 g/mol. The molecule has 5 nitrogen and oxygen atoms in total. The molecule has 0 saturated carbocycles. The monoisotopic (exact) mass is 253 g/mol. The van der Waals surface area contributed by atoms with Gasteiger partial charge in [0.15, 0.2) is 0 Å². The maximum atomic E-state index is 11.7. The van der Waals surface area contributed by atoms with Crippen molar-refractivity contribution >= 4 is 11.9 Å². The van der Waals surface area contributed by atoms with Gasteiger partial charge in [0.25, 0.3) is 0 Å². The van der Waals surface area contributed by atoms with Crippen LogP contribution in [0, 0.1) is 13.8 Å². The van der Waals surface area contributed by atoms with Crippen LogP contribution in [0.3, 0.4) is 0 Å². The van der Waals surface area contributed by atoms with Gasteiger partial charge in [0.05, 0.1) is 19.6 Å². The van der Waals surface area contributed by atoms with E-state index in [1.165, 1.54) is 0 Å². The Balaban J connectivity index is 2.92. The van der Waals surface area contributed by atoms with Crippen molar-refractivity contribution in [2.24, 2.45) is 0 Å². The van der Waals surface area contributed by atoms with E-state index in [0.717, 1.165) is 11.1 Å². The van der Waals surface area contributed by atoms with Crippen molar-refractivity contribution in [2.45, 2.75) is 34.1 Å². The maximum absolute atomic E-state index is 11.7. The van der Waals surface area contributed by atoms with E-state index >= 15 is 0 Å². The lowest BCUT2D eigenvalue weighted by atomic mass is 10.1. The molecule has 100 valence electrons. The zero-order valence-electron chi connectivity index (χ0n) is 11.3. The molecule has 0 aliphatic carbocycles. The SMILES string of the molecule is CCOC(=O)Cc1[nH]c(C(=O)OCC)c(C)c1C. The minimum atomic E-state index is -0.395. The van der Waals surface area contributed by atoms with Crippen molar-refractivity contribution in [3.05, 3.63) is 22.5 Å². The van der Waals surface area contributed by atoms with E-state index in [1.807, 2.05) is 13.8 Å². The molecule has 0 amide bonds. The average Bonchev–Trinajstić information content (AvgIpc) is 2.58. The summed E-state index contributed by atoms with van der Waals surface area (Å²) >= 11 is 0. The highest BCUT2D eigenvalue weighted by atomic mass is 16.5. The van der Waals surface area contributed by atoms with Gasteiger partial charge < -0.3 is 14.5 Å². The van der Waals surface area contributed by atoms with Gasteiger partial charge in [-0.2, -0.15) is 0 Å². The molecule has 1 heterocycles. The fraction of sp³-hybridized carbons (Fsp3) is 0.538. The minimum absolute atomic E-state index is 0.139. The Labute approximate surface area is 106 Å². The number of H-pyrrole nitrogens is 1. The topological polar surface area (TPSA) is 68.4 Å². The zero-order chi connectivity index (χ0) is 13.7. The summed E-state index contributed by atoms with van der Waals surface area (Å²) < 4.78 is 9.83. The Bertz CT molecular complexity index is 448. The summed E-state index contributed by atoms with van der Waals surface area (Å²) in [5, 5.41) is 0. The molecule has 0 fully saturated rings. The number of aromatic amines is 1. The van der Waals surface area contributed by atoms with Crippen LogP contribution in [-0.2, 0) is 20.7 Å². The number of aromatic nitrogens is 1. The second kappa shape index (κ2) is 6.23. The quantitative estimate of drug-likeness (QED) is 0.814. The van der Waals surface area contributed by atoms with Crippen LogP contribution < -0.4 is 0 Å². The minimum Gasteiger partial charge on any atom is -0.466 e. The Morgan fingerprint density at radius 1 is 1.06 bits per heavy atom. The molecule has 1 N–H and O–H groups in total. The molecular weight excluding hydrogens is 234 g/mol. The second-order valence-corrected chi connectivity index (χ2v) is 3.93. The van der Waals surface area contributed by atoms with Gasteiger partial charge >= 0.3 is 11.9 Å². The third-order valence-corrected chi connectivity index (χ3v) is 2.77. The third kappa shape index (κ3) is 3.12. The number of carbonyl (C=O) groups is 2. The number of carbonyl (C=O) groups excluding carboxylic acids is 2. The highest BCUT2D eigenvalue weighted by Gasteiger charge is 2.19. The van der Waals surface area contributed by atoms with Crippen molar-refractivity contribution < 1.29 is 19.1 Å². The first-order valence-corrected chi connectivity index (χ1v) is 6.02. The molecule has 1 aromatic rings. The molecule has 0 radical (unpaired) electrons. The summed E-state index contributed by atoms with van der Waals surface area (Å²) in [4.78, 5) is 26.0. The Hall–Kier alpha value is -1.78. The van der Waals surface area contributed by atoms with Gasteiger partial charge in [0.2, 0.25) is 0 Å². The van der Waals surface area contributed by atoms with Crippen molar-refractivity contribution in [1.29, 1.82) is 0 Å². The van der Waals surface area contributed by atoms with Gasteiger partial charge in [-0.1, -0.05) is 0 Å². The molecule has 1 rings (SSSR count). The van der Waals surface area contributed by atoms with Crippen LogP contribution >= 0.6 is 0 Å². The number of hydrogen-bond donors (Lipinski definition) is 1. The molecule has 0 aromatic carbocycles. The third-order valence-electron chi connectivity index (χ3n) is 2.77. The summed E-state index contributed by atoms with van der Waals surface area (Å²) in [6, 6.07) is 0. The van der Waals surface area contributed by atoms with E-state index < -0.39 is 5.97 Å². The molecule has 0 atom stereocenters. The molecule has 1 aromatic heterocycles. The lowest BCUT2D eigenvalue weighted by Gasteiger charge is -2.01. The molecule has 0 saturated heterocycles. The van der Waals surface area contributed by atoms with E-state index in [4.69, 9.17) is 9.47 Å². The first-order valence-electron chi connectivity index (χ1n) is 6.02. The standard InChI is InChI=1S/C13H19NO4/c1-5-17-11(15)7-10-8(3)9(4)12(14-10)13(16)18-6-2/h14H,5-7H2,1-4H3. The van der Waals surface area contributed by atoms with Crippen LogP contribution in [0.5, 0.6) is 0 Å². The van der Waals surface area contributed by atoms with E-state index in [1.54, 1.807) is 13.8 Å². The van der Waals surface area contributed by atoms with Gasteiger partial charge in [-0.3, -0.25) is 4.79 Å². The fourth-order valence-corrected chi connectivity index (χ4v) is 1.69. The summed E-state index contributed by atoms with van der Waals surface area (Å²) in [5.74, 6) is -0.703. The molecule has 0 aliphatic heterocycles. The predicted molar refractivity (Wildman–Crippen MR) is 66.6 cm³/mol. The van der Waals surface area contributed by atoms with Gasteiger partial charge in [-0.15, -0.1) is 0 Å². The lowest BCUT2D eigenvalue weighted by Crippen LogP contribution is -2.09. The van der Waals surface area contributed by atoms with Crippen LogP contribution in [0.1, 0.15) is 41.2 Å². The summed E-state index contributed by atoms with van der Waals surface area (Å²) in [6.07, 6.45) is 0.139. The van der Waals surface area contributed by atoms with Gasteiger partial charge in [-0.05, 0) is 38.8 Å². The number of nitrogens with one attached hydrogen (secondary N) is 1. The number of ether oxygens (including phenoxy) is 2. The fourth-order valence-electron chi connectivity index (χ4n) is 1.69. The second-order valence-electron chi connectivity index (χ2n) is 3.93. The molecule has 0 unspecified atom stereocenters. The van der Waals surface area contributed by atoms with E-state index in [-0.39, 0.29) is 12.4 Å². The van der Waals surface area contributed by atoms with E-state index in [9.17, 15) is 9.59 Å². The maximum Gasteiger partial charge on any atom is 0.355 e. The lowest BCUT2D eigenvalue weighted by molar-refractivity contribution is -0.142. The van der Waals surface area contributed by atoms with Crippen molar-refractivity contribution in [3.8, 4) is 0 Å². The Kier molecular flexibility index (Phi) is 4.95. The van der Waals surface area contributed by atoms with Gasteiger partial charge in [0, 0.05) is 5.69 Å². The zero-order valence-corrected chi connectivity index (χ0v) is 11.3. The van der Waals surface area contributed by atoms with E-state index in [2.05, 4.69) is 4.98 Å². The number of rotatable bonds is 5. The normalized spacial score (nSPS) is 10.2. The highest BCUT2D eigenvalue weighted by molar-refractivity contribution is 5.90. The van der Waals surface area contributed by atoms with Crippen LogP contribution in [0.15, 0.2) is 0 Å². The summed E-state index contributed by atoms with van der Waals surface area (Å²) in [7, 11) is 0. The first-order chi connectivity index (χ1) is 8.51. The van der Waals surface area contributed by atoms with Crippen molar-refractivity contribution in [3.63, 3.8) is 0 Å². The van der Waals surface area contributed by atoms with Crippen LogP contribution in [0.2, 0.25) is 0 Å². The predicted octanol–water partition coefficient (Wildman–Crippen LogP) is 1.91. The summed E-state index contributed by atoms with van der Waals surface area (Å²) in [6.45, 7) is 7.87. The highest BCUT2D eigenvalue weighted by Crippen LogP contribution is 2.19. The van der Waals surface area contributed by atoms with Crippen molar-refractivity contribution in [1.82, 2.24) is 4.98 Å². The molecule has 18 heavy (non-hydrogen) atoms. The first kappa shape index (κ1) is 14.3. The van der Waals surface area contributed by atoms with Gasteiger partial charge in [0.1, 0.15) is 5.69 Å². The number of hydrogen-bond acceptors (Lipinski definition) is 4. The molecular formula is C13H19NO4. The molecule has 0 spiro atoms. The van der Waals surface area contributed by atoms with Crippen LogP contribution in [0.4, 0.5) is 0 Å². The van der Waals surface area contributed by atoms with E-state index in [0.29, 0.717) is 24.6 Å². The molecule has 0 bridgehead atoms. The molecule has 5 heteroatoms. The smallest absolute Gasteiger partial charge is 0.355 e. The van der Waals surface area contributed by atoms with Gasteiger partial charge in [-0.25, -0.2) is 4.79 Å².